The number of allylic oxidation sites excluding steroid dienone is 1. The lowest BCUT2D eigenvalue weighted by Gasteiger charge is -2.10. The molecule has 0 radical (unpaired) electrons. The summed E-state index contributed by atoms with van der Waals surface area (Å²) in [6.07, 6.45) is 1.69. The summed E-state index contributed by atoms with van der Waals surface area (Å²) in [5.41, 5.74) is 2.15. The predicted molar refractivity (Wildman–Crippen MR) is 107 cm³/mol. The molecule has 3 aromatic carbocycles. The molecule has 0 N–H and O–H groups in total. The van der Waals surface area contributed by atoms with Gasteiger partial charge in [0.15, 0.2) is 5.76 Å². The summed E-state index contributed by atoms with van der Waals surface area (Å²) >= 11 is 6.06. The van der Waals surface area contributed by atoms with Crippen LogP contribution in [0.2, 0.25) is 5.02 Å². The molecule has 0 atom stereocenters. The number of hydrogen-bond acceptors (Lipinski definition) is 4. The van der Waals surface area contributed by atoms with Gasteiger partial charge in [0, 0.05) is 5.56 Å². The number of carbonyl (C=O) groups excluding carboxylic acids is 2. The minimum absolute atomic E-state index is 0.203. The van der Waals surface area contributed by atoms with E-state index in [0.29, 0.717) is 27.6 Å². The second-order valence-corrected chi connectivity index (χ2v) is 6.69. The number of rotatable bonds is 3. The molecular weight excluding hydrogens is 376 g/mol. The maximum Gasteiger partial charge on any atom is 0.345 e. The second kappa shape index (κ2) is 7.33. The zero-order valence-electron chi connectivity index (χ0n) is 14.9. The van der Waals surface area contributed by atoms with Gasteiger partial charge >= 0.3 is 5.97 Å². The summed E-state index contributed by atoms with van der Waals surface area (Å²) in [6, 6.07) is 19.3. The minimum atomic E-state index is -0.571. The highest BCUT2D eigenvalue weighted by atomic mass is 35.5. The fraction of sp³-hybridized carbons (Fsp3) is 0.0435. The Morgan fingerprint density at radius 3 is 2.46 bits per heavy atom. The summed E-state index contributed by atoms with van der Waals surface area (Å²) in [5.74, 6) is 0.178. The molecule has 138 valence electrons. The molecule has 0 saturated carbocycles. The monoisotopic (exact) mass is 390 g/mol. The summed E-state index contributed by atoms with van der Waals surface area (Å²) in [4.78, 5) is 25.1. The zero-order valence-corrected chi connectivity index (χ0v) is 15.7. The highest BCUT2D eigenvalue weighted by molar-refractivity contribution is 6.33. The van der Waals surface area contributed by atoms with Crippen LogP contribution in [0.5, 0.6) is 11.5 Å². The Hall–Kier alpha value is -3.37. The molecule has 0 spiro atoms. The van der Waals surface area contributed by atoms with Crippen LogP contribution in [-0.2, 0) is 0 Å². The third-order valence-electron chi connectivity index (χ3n) is 4.43. The van der Waals surface area contributed by atoms with Crippen molar-refractivity contribution in [2.45, 2.75) is 6.92 Å². The van der Waals surface area contributed by atoms with Crippen molar-refractivity contribution in [1.29, 1.82) is 0 Å². The van der Waals surface area contributed by atoms with Gasteiger partial charge in [-0.15, -0.1) is 0 Å². The van der Waals surface area contributed by atoms with Gasteiger partial charge in [0.1, 0.15) is 11.5 Å². The van der Waals surface area contributed by atoms with Crippen LogP contribution in [0.1, 0.15) is 31.8 Å². The Morgan fingerprint density at radius 1 is 1.00 bits per heavy atom. The molecule has 4 nitrogen and oxygen atoms in total. The molecule has 0 fully saturated rings. The molecule has 1 aliphatic rings. The number of hydrogen-bond donors (Lipinski definition) is 0. The fourth-order valence-corrected chi connectivity index (χ4v) is 3.17. The number of ketones is 1. The first-order chi connectivity index (χ1) is 13.5. The van der Waals surface area contributed by atoms with Gasteiger partial charge < -0.3 is 9.47 Å². The topological polar surface area (TPSA) is 52.6 Å². The molecular formula is C23H15ClO4. The lowest BCUT2D eigenvalue weighted by atomic mass is 10.1. The minimum Gasteiger partial charge on any atom is -0.452 e. The summed E-state index contributed by atoms with van der Waals surface area (Å²) in [5, 5.41) is 0.311. The number of esters is 1. The number of Topliss-reactive ketones (excluding diaryl/α,β-unsaturated/α-hetero) is 1. The third kappa shape index (κ3) is 3.30. The van der Waals surface area contributed by atoms with Crippen molar-refractivity contribution in [2.24, 2.45) is 0 Å². The van der Waals surface area contributed by atoms with Crippen LogP contribution < -0.4 is 9.47 Å². The van der Waals surface area contributed by atoms with E-state index in [1.165, 1.54) is 0 Å². The molecule has 1 heterocycles. The molecule has 28 heavy (non-hydrogen) atoms. The Kier molecular flexibility index (Phi) is 4.72. The molecule has 0 aromatic heterocycles. The van der Waals surface area contributed by atoms with Crippen molar-refractivity contribution in [2.75, 3.05) is 0 Å². The largest absolute Gasteiger partial charge is 0.452 e. The molecule has 1 aliphatic heterocycles. The highest BCUT2D eigenvalue weighted by Gasteiger charge is 2.30. The Labute approximate surface area is 167 Å². The van der Waals surface area contributed by atoms with E-state index in [-0.39, 0.29) is 17.1 Å². The first-order valence-corrected chi connectivity index (χ1v) is 9.02. The van der Waals surface area contributed by atoms with Gasteiger partial charge in [0.25, 0.3) is 0 Å². The van der Waals surface area contributed by atoms with E-state index in [1.54, 1.807) is 49.4 Å². The third-order valence-corrected chi connectivity index (χ3v) is 4.76. The van der Waals surface area contributed by atoms with Gasteiger partial charge in [-0.3, -0.25) is 4.79 Å². The van der Waals surface area contributed by atoms with Crippen LogP contribution >= 0.6 is 11.6 Å². The number of fused-ring (bicyclic) bond motifs is 1. The Morgan fingerprint density at radius 2 is 1.71 bits per heavy atom. The van der Waals surface area contributed by atoms with Crippen molar-refractivity contribution in [3.63, 3.8) is 0 Å². The lowest BCUT2D eigenvalue weighted by Crippen LogP contribution is -2.10. The molecule has 0 amide bonds. The van der Waals surface area contributed by atoms with Gasteiger partial charge in [-0.2, -0.15) is 0 Å². The smallest absolute Gasteiger partial charge is 0.345 e. The number of halogens is 1. The maximum atomic E-state index is 12.6. The number of ether oxygens (including phenoxy) is 2. The standard InChI is InChI=1S/C23H15ClO4/c1-14-19(28-23(26)16-9-5-6-10-18(16)24)12-11-17-21(25)20(27-22(14)17)13-15-7-3-2-4-8-15/h2-13H,1H3/b20-13-. The molecule has 0 unspecified atom stereocenters. The van der Waals surface area contributed by atoms with Crippen molar-refractivity contribution >= 4 is 29.4 Å². The number of benzene rings is 3. The molecule has 0 bridgehead atoms. The molecule has 4 rings (SSSR count). The Balaban J connectivity index is 1.63. The van der Waals surface area contributed by atoms with Gasteiger partial charge in [-0.25, -0.2) is 4.79 Å². The van der Waals surface area contributed by atoms with E-state index in [0.717, 1.165) is 5.56 Å². The van der Waals surface area contributed by atoms with E-state index in [4.69, 9.17) is 21.1 Å². The zero-order chi connectivity index (χ0) is 19.7. The van der Waals surface area contributed by atoms with Crippen LogP contribution in [0.15, 0.2) is 72.5 Å². The first kappa shape index (κ1) is 18.0. The normalized spacial score (nSPS) is 13.9. The van der Waals surface area contributed by atoms with Gasteiger partial charge in [-0.1, -0.05) is 54.1 Å². The van der Waals surface area contributed by atoms with Crippen molar-refractivity contribution in [1.82, 2.24) is 0 Å². The van der Waals surface area contributed by atoms with Crippen LogP contribution in [0.4, 0.5) is 0 Å². The van der Waals surface area contributed by atoms with Gasteiger partial charge in [0.2, 0.25) is 5.78 Å². The van der Waals surface area contributed by atoms with Crippen molar-refractivity contribution in [3.05, 3.63) is 99.8 Å². The predicted octanol–water partition coefficient (Wildman–Crippen LogP) is 5.48. The van der Waals surface area contributed by atoms with E-state index < -0.39 is 5.97 Å². The average Bonchev–Trinajstić information content (AvgIpc) is 3.01. The molecule has 0 saturated heterocycles. The second-order valence-electron chi connectivity index (χ2n) is 6.29. The van der Waals surface area contributed by atoms with Gasteiger partial charge in [-0.05, 0) is 42.8 Å². The Bertz CT molecular complexity index is 1120. The van der Waals surface area contributed by atoms with E-state index >= 15 is 0 Å². The van der Waals surface area contributed by atoms with E-state index in [9.17, 15) is 9.59 Å². The number of carbonyl (C=O) groups is 2. The summed E-state index contributed by atoms with van der Waals surface area (Å²) in [7, 11) is 0. The van der Waals surface area contributed by atoms with E-state index in [1.807, 2.05) is 30.3 Å². The summed E-state index contributed by atoms with van der Waals surface area (Å²) < 4.78 is 11.3. The van der Waals surface area contributed by atoms with Crippen LogP contribution in [0.25, 0.3) is 6.08 Å². The first-order valence-electron chi connectivity index (χ1n) is 8.64. The van der Waals surface area contributed by atoms with Crippen LogP contribution in [0.3, 0.4) is 0 Å². The fourth-order valence-electron chi connectivity index (χ4n) is 2.96. The van der Waals surface area contributed by atoms with Gasteiger partial charge in [0.05, 0.1) is 16.1 Å². The average molecular weight is 391 g/mol. The van der Waals surface area contributed by atoms with Crippen LogP contribution in [-0.4, -0.2) is 11.8 Å². The van der Waals surface area contributed by atoms with E-state index in [2.05, 4.69) is 0 Å². The van der Waals surface area contributed by atoms with Crippen LogP contribution in [0, 0.1) is 6.92 Å². The van der Waals surface area contributed by atoms with Crippen molar-refractivity contribution in [3.8, 4) is 11.5 Å². The lowest BCUT2D eigenvalue weighted by molar-refractivity contribution is 0.0733. The summed E-state index contributed by atoms with van der Waals surface area (Å²) in [6.45, 7) is 1.74. The maximum absolute atomic E-state index is 12.6. The highest BCUT2D eigenvalue weighted by Crippen LogP contribution is 2.39. The SMILES string of the molecule is Cc1c(OC(=O)c2ccccc2Cl)ccc2c1O/C(=C\c1ccccc1)C2=O. The molecule has 0 aliphatic carbocycles. The quantitative estimate of drug-likeness (QED) is 0.337. The van der Waals surface area contributed by atoms with Crippen molar-refractivity contribution < 1.29 is 19.1 Å². The molecule has 3 aromatic rings. The molecule has 5 heteroatoms.